The van der Waals surface area contributed by atoms with Crippen molar-refractivity contribution in [3.63, 3.8) is 0 Å². The maximum atomic E-state index is 13.5. The van der Waals surface area contributed by atoms with E-state index >= 15 is 0 Å². The van der Waals surface area contributed by atoms with E-state index in [-0.39, 0.29) is 23.0 Å². The van der Waals surface area contributed by atoms with Gasteiger partial charge in [0.15, 0.2) is 0 Å². The van der Waals surface area contributed by atoms with Crippen LogP contribution in [0.5, 0.6) is 0 Å². The van der Waals surface area contributed by atoms with Crippen molar-refractivity contribution >= 4 is 11.7 Å². The van der Waals surface area contributed by atoms with Crippen molar-refractivity contribution in [1.82, 2.24) is 15.1 Å². The fourth-order valence-corrected chi connectivity index (χ4v) is 1.48. The van der Waals surface area contributed by atoms with Crippen LogP contribution in [0.15, 0.2) is 30.5 Å². The van der Waals surface area contributed by atoms with Crippen molar-refractivity contribution in [2.75, 3.05) is 12.8 Å². The van der Waals surface area contributed by atoms with Gasteiger partial charge in [0.05, 0.1) is 6.20 Å². The number of hydrogen-bond donors (Lipinski definition) is 2. The van der Waals surface area contributed by atoms with Gasteiger partial charge in [-0.2, -0.15) is 5.10 Å². The normalized spacial score (nSPS) is 10.2. The third-order valence-electron chi connectivity index (χ3n) is 2.36. The lowest BCUT2D eigenvalue weighted by atomic mass is 10.3. The average Bonchev–Trinajstić information content (AvgIpc) is 2.71. The van der Waals surface area contributed by atoms with E-state index in [0.717, 1.165) is 0 Å². The van der Waals surface area contributed by atoms with Crippen LogP contribution in [0.4, 0.5) is 10.2 Å². The van der Waals surface area contributed by atoms with Crippen LogP contribution < -0.4 is 11.1 Å². The van der Waals surface area contributed by atoms with Gasteiger partial charge in [0.25, 0.3) is 5.91 Å². The summed E-state index contributed by atoms with van der Waals surface area (Å²) in [5, 5.41) is 6.34. The second-order valence-corrected chi connectivity index (χ2v) is 3.39. The molecule has 0 aliphatic rings. The van der Waals surface area contributed by atoms with Crippen molar-refractivity contribution in [3.8, 4) is 5.69 Å². The highest BCUT2D eigenvalue weighted by molar-refractivity contribution is 5.98. The number of nitrogens with zero attached hydrogens (tertiary/aromatic N) is 2. The van der Waals surface area contributed by atoms with E-state index in [2.05, 4.69) is 10.4 Å². The molecule has 17 heavy (non-hydrogen) atoms. The number of aromatic nitrogens is 2. The molecular weight excluding hydrogens is 223 g/mol. The van der Waals surface area contributed by atoms with E-state index in [1.54, 1.807) is 12.1 Å². The summed E-state index contributed by atoms with van der Waals surface area (Å²) in [4.78, 5) is 11.4. The molecule has 0 bridgehead atoms. The summed E-state index contributed by atoms with van der Waals surface area (Å²) < 4.78 is 14.7. The summed E-state index contributed by atoms with van der Waals surface area (Å²) in [5.41, 5.74) is 6.18. The number of nitrogen functional groups attached to an aromatic ring is 1. The zero-order valence-corrected chi connectivity index (χ0v) is 9.14. The molecule has 0 saturated heterocycles. The first-order chi connectivity index (χ1) is 8.15. The van der Waals surface area contributed by atoms with Gasteiger partial charge in [-0.25, -0.2) is 9.07 Å². The van der Waals surface area contributed by atoms with E-state index in [1.165, 1.54) is 30.1 Å². The number of nitrogens with two attached hydrogens (primary N) is 1. The number of rotatable bonds is 2. The molecule has 1 heterocycles. The Hall–Kier alpha value is -2.37. The minimum absolute atomic E-state index is 0.106. The van der Waals surface area contributed by atoms with Crippen LogP contribution in [0.3, 0.4) is 0 Å². The van der Waals surface area contributed by atoms with Gasteiger partial charge in [-0.1, -0.05) is 12.1 Å². The first-order valence-corrected chi connectivity index (χ1v) is 4.95. The molecular formula is C11H11FN4O. The van der Waals surface area contributed by atoms with Gasteiger partial charge in [-0.15, -0.1) is 0 Å². The molecule has 3 N–H and O–H groups in total. The molecule has 1 amide bonds. The summed E-state index contributed by atoms with van der Waals surface area (Å²) in [6.07, 6.45) is 1.31. The minimum Gasteiger partial charge on any atom is -0.383 e. The van der Waals surface area contributed by atoms with E-state index in [9.17, 15) is 9.18 Å². The number of hydrogen-bond acceptors (Lipinski definition) is 3. The van der Waals surface area contributed by atoms with E-state index in [4.69, 9.17) is 5.73 Å². The summed E-state index contributed by atoms with van der Waals surface area (Å²) >= 11 is 0. The molecule has 1 aromatic carbocycles. The SMILES string of the molecule is CNC(=O)c1cnn(-c2ccccc2F)c1N. The van der Waals surface area contributed by atoms with Gasteiger partial charge in [-0.3, -0.25) is 4.79 Å². The van der Waals surface area contributed by atoms with Crippen molar-refractivity contribution in [2.24, 2.45) is 0 Å². The molecule has 6 heteroatoms. The molecule has 0 atom stereocenters. The highest BCUT2D eigenvalue weighted by Crippen LogP contribution is 2.19. The van der Waals surface area contributed by atoms with E-state index < -0.39 is 5.82 Å². The molecule has 0 spiro atoms. The Balaban J connectivity index is 2.52. The molecule has 0 unspecified atom stereocenters. The second kappa shape index (κ2) is 4.25. The topological polar surface area (TPSA) is 72.9 Å². The van der Waals surface area contributed by atoms with Gasteiger partial charge in [0.1, 0.15) is 22.9 Å². The molecule has 0 aliphatic carbocycles. The predicted octanol–water partition coefficient (Wildman–Crippen LogP) is 0.953. The molecule has 2 aromatic rings. The minimum atomic E-state index is -0.453. The number of nitrogens with one attached hydrogen (secondary N) is 1. The van der Waals surface area contributed by atoms with Crippen LogP contribution in [0.2, 0.25) is 0 Å². The second-order valence-electron chi connectivity index (χ2n) is 3.39. The van der Waals surface area contributed by atoms with E-state index in [1.807, 2.05) is 0 Å². The maximum absolute atomic E-state index is 13.5. The predicted molar refractivity (Wildman–Crippen MR) is 61.3 cm³/mol. The standard InChI is InChI=1S/C11H11FN4O/c1-14-11(17)7-6-15-16(10(7)13)9-5-3-2-4-8(9)12/h2-6H,13H2,1H3,(H,14,17). The van der Waals surface area contributed by atoms with Gasteiger partial charge < -0.3 is 11.1 Å². The number of benzene rings is 1. The highest BCUT2D eigenvalue weighted by Gasteiger charge is 2.16. The third-order valence-corrected chi connectivity index (χ3v) is 2.36. The van der Waals surface area contributed by atoms with Crippen LogP contribution in [0, 0.1) is 5.82 Å². The van der Waals surface area contributed by atoms with Gasteiger partial charge in [-0.05, 0) is 12.1 Å². The largest absolute Gasteiger partial charge is 0.383 e. The molecule has 0 radical (unpaired) electrons. The Kier molecular flexibility index (Phi) is 2.78. The zero-order valence-electron chi connectivity index (χ0n) is 9.14. The summed E-state index contributed by atoms with van der Waals surface area (Å²) in [5.74, 6) is -0.703. The molecule has 88 valence electrons. The fraction of sp³-hybridized carbons (Fsp3) is 0.0909. The number of anilines is 1. The smallest absolute Gasteiger partial charge is 0.256 e. The fourth-order valence-electron chi connectivity index (χ4n) is 1.48. The zero-order chi connectivity index (χ0) is 12.4. The molecule has 0 aliphatic heterocycles. The van der Waals surface area contributed by atoms with Crippen molar-refractivity contribution in [3.05, 3.63) is 41.8 Å². The monoisotopic (exact) mass is 234 g/mol. The summed E-state index contributed by atoms with van der Waals surface area (Å²) in [6.45, 7) is 0. The molecule has 0 fully saturated rings. The summed E-state index contributed by atoms with van der Waals surface area (Å²) in [7, 11) is 1.49. The number of carbonyl (C=O) groups is 1. The Bertz CT molecular complexity index is 564. The van der Waals surface area contributed by atoms with Crippen LogP contribution in [-0.4, -0.2) is 22.7 Å². The van der Waals surface area contributed by atoms with Crippen molar-refractivity contribution < 1.29 is 9.18 Å². The van der Waals surface area contributed by atoms with Crippen LogP contribution in [0.1, 0.15) is 10.4 Å². The Morgan fingerprint density at radius 1 is 1.47 bits per heavy atom. The Labute approximate surface area is 97.0 Å². The summed E-state index contributed by atoms with van der Waals surface area (Å²) in [6, 6.07) is 6.07. The average molecular weight is 234 g/mol. The molecule has 5 nitrogen and oxygen atoms in total. The number of halogens is 1. The van der Waals surface area contributed by atoms with Crippen LogP contribution in [0.25, 0.3) is 5.69 Å². The van der Waals surface area contributed by atoms with E-state index in [0.29, 0.717) is 0 Å². The lowest BCUT2D eigenvalue weighted by Gasteiger charge is -2.05. The van der Waals surface area contributed by atoms with Gasteiger partial charge in [0, 0.05) is 7.05 Å². The number of carbonyl (C=O) groups excluding carboxylic acids is 1. The van der Waals surface area contributed by atoms with Crippen LogP contribution in [-0.2, 0) is 0 Å². The van der Waals surface area contributed by atoms with Gasteiger partial charge >= 0.3 is 0 Å². The Morgan fingerprint density at radius 3 is 2.82 bits per heavy atom. The first-order valence-electron chi connectivity index (χ1n) is 4.95. The molecule has 1 aromatic heterocycles. The van der Waals surface area contributed by atoms with Gasteiger partial charge in [0.2, 0.25) is 0 Å². The molecule has 2 rings (SSSR count). The lowest BCUT2D eigenvalue weighted by molar-refractivity contribution is 0.0964. The van der Waals surface area contributed by atoms with Crippen LogP contribution >= 0.6 is 0 Å². The quantitative estimate of drug-likeness (QED) is 0.812. The maximum Gasteiger partial charge on any atom is 0.256 e. The molecule has 0 saturated carbocycles. The number of amides is 1. The first kappa shape index (κ1) is 11.1. The lowest BCUT2D eigenvalue weighted by Crippen LogP contribution is -2.19. The third kappa shape index (κ3) is 1.84. The highest BCUT2D eigenvalue weighted by atomic mass is 19.1. The van der Waals surface area contributed by atoms with Crippen molar-refractivity contribution in [1.29, 1.82) is 0 Å². The van der Waals surface area contributed by atoms with Crippen molar-refractivity contribution in [2.45, 2.75) is 0 Å². The number of para-hydroxylation sites is 1. The Morgan fingerprint density at radius 2 is 2.18 bits per heavy atom.